The molecule has 1 aromatic rings. The molecule has 1 aromatic carbocycles. The Kier molecular flexibility index (Phi) is 5.38. The zero-order chi connectivity index (χ0) is 16.1. The molecule has 0 bridgehead atoms. The Hall–Kier alpha value is -2.08. The first-order chi connectivity index (χ1) is 10.6. The lowest BCUT2D eigenvalue weighted by Crippen LogP contribution is -2.34. The second-order valence-electron chi connectivity index (χ2n) is 5.36. The first-order valence-electron chi connectivity index (χ1n) is 7.28. The summed E-state index contributed by atoms with van der Waals surface area (Å²) in [6, 6.07) is 5.67. The van der Waals surface area contributed by atoms with Crippen LogP contribution in [0.15, 0.2) is 18.2 Å². The third kappa shape index (κ3) is 3.57. The van der Waals surface area contributed by atoms with Crippen LogP contribution in [-0.4, -0.2) is 45.7 Å². The number of carbonyl (C=O) groups excluding carboxylic acids is 2. The summed E-state index contributed by atoms with van der Waals surface area (Å²) in [5.41, 5.74) is 1.76. The van der Waals surface area contributed by atoms with Gasteiger partial charge in [0.05, 0.1) is 25.3 Å². The highest BCUT2D eigenvalue weighted by Crippen LogP contribution is 2.33. The number of ether oxygens (including phenoxy) is 2. The van der Waals surface area contributed by atoms with Crippen molar-refractivity contribution >= 4 is 17.5 Å². The lowest BCUT2D eigenvalue weighted by molar-refractivity contribution is -0.126. The van der Waals surface area contributed by atoms with Crippen LogP contribution in [0.1, 0.15) is 12.0 Å². The van der Waals surface area contributed by atoms with Crippen LogP contribution in [-0.2, 0) is 14.3 Å². The predicted molar refractivity (Wildman–Crippen MR) is 83.1 cm³/mol. The summed E-state index contributed by atoms with van der Waals surface area (Å²) in [5.74, 6) is 0.129. The molecule has 6 nitrogen and oxygen atoms in total. The van der Waals surface area contributed by atoms with Crippen molar-refractivity contribution < 1.29 is 19.1 Å². The minimum atomic E-state index is -0.338. The van der Waals surface area contributed by atoms with E-state index < -0.39 is 0 Å². The van der Waals surface area contributed by atoms with Gasteiger partial charge in [0.2, 0.25) is 11.8 Å². The molecule has 1 atom stereocenters. The Bertz CT molecular complexity index is 559. The van der Waals surface area contributed by atoms with Gasteiger partial charge in [0.25, 0.3) is 0 Å². The summed E-state index contributed by atoms with van der Waals surface area (Å²) in [7, 11) is 3.15. The van der Waals surface area contributed by atoms with Gasteiger partial charge in [-0.3, -0.25) is 9.59 Å². The number of nitrogens with one attached hydrogen (secondary N) is 1. The molecule has 1 heterocycles. The summed E-state index contributed by atoms with van der Waals surface area (Å²) in [6.07, 6.45) is 0.218. The molecule has 0 saturated carbocycles. The van der Waals surface area contributed by atoms with E-state index in [1.54, 1.807) is 19.1 Å². The Labute approximate surface area is 130 Å². The van der Waals surface area contributed by atoms with Gasteiger partial charge in [-0.15, -0.1) is 0 Å². The molecule has 120 valence electrons. The molecule has 0 aliphatic carbocycles. The van der Waals surface area contributed by atoms with Crippen LogP contribution < -0.4 is 15.0 Å². The minimum absolute atomic E-state index is 0.0595. The quantitative estimate of drug-likeness (QED) is 0.800. The van der Waals surface area contributed by atoms with E-state index >= 15 is 0 Å². The smallest absolute Gasteiger partial charge is 0.227 e. The molecule has 22 heavy (non-hydrogen) atoms. The molecule has 0 aromatic heterocycles. The fourth-order valence-electron chi connectivity index (χ4n) is 2.55. The molecule has 6 heteroatoms. The molecule has 2 amide bonds. The molecule has 0 radical (unpaired) electrons. The van der Waals surface area contributed by atoms with E-state index in [-0.39, 0.29) is 24.2 Å². The number of methoxy groups -OCH3 is 2. The van der Waals surface area contributed by atoms with Gasteiger partial charge in [0.1, 0.15) is 5.75 Å². The fraction of sp³-hybridized carbons (Fsp3) is 0.500. The molecule has 0 spiro atoms. The van der Waals surface area contributed by atoms with E-state index in [1.165, 1.54) is 0 Å². The molecule has 1 aliphatic heterocycles. The summed E-state index contributed by atoms with van der Waals surface area (Å²) in [6.45, 7) is 3.24. The zero-order valence-corrected chi connectivity index (χ0v) is 13.2. The van der Waals surface area contributed by atoms with Crippen molar-refractivity contribution in [1.82, 2.24) is 5.32 Å². The largest absolute Gasteiger partial charge is 0.495 e. The van der Waals surface area contributed by atoms with Crippen LogP contribution >= 0.6 is 0 Å². The van der Waals surface area contributed by atoms with Crippen LogP contribution in [0.3, 0.4) is 0 Å². The van der Waals surface area contributed by atoms with E-state index in [1.807, 2.05) is 25.1 Å². The van der Waals surface area contributed by atoms with Gasteiger partial charge in [-0.05, 0) is 24.6 Å². The lowest BCUT2D eigenvalue weighted by Gasteiger charge is -2.20. The molecule has 2 rings (SSSR count). The van der Waals surface area contributed by atoms with Crippen LogP contribution in [0.4, 0.5) is 5.69 Å². The highest BCUT2D eigenvalue weighted by atomic mass is 16.5. The van der Waals surface area contributed by atoms with E-state index in [0.717, 1.165) is 11.3 Å². The average molecular weight is 306 g/mol. The predicted octanol–water partition coefficient (Wildman–Crippen LogP) is 1.12. The zero-order valence-electron chi connectivity index (χ0n) is 13.2. The molecular weight excluding hydrogens is 284 g/mol. The first kappa shape index (κ1) is 16.3. The number of benzene rings is 1. The summed E-state index contributed by atoms with van der Waals surface area (Å²) in [4.78, 5) is 26.0. The topological polar surface area (TPSA) is 67.9 Å². The van der Waals surface area contributed by atoms with Crippen molar-refractivity contribution in [2.45, 2.75) is 13.3 Å². The Morgan fingerprint density at radius 3 is 2.86 bits per heavy atom. The maximum Gasteiger partial charge on any atom is 0.227 e. The van der Waals surface area contributed by atoms with Crippen LogP contribution in [0.25, 0.3) is 0 Å². The number of rotatable bonds is 6. The monoisotopic (exact) mass is 306 g/mol. The fourth-order valence-corrected chi connectivity index (χ4v) is 2.55. The lowest BCUT2D eigenvalue weighted by atomic mass is 10.1. The second kappa shape index (κ2) is 7.26. The Morgan fingerprint density at radius 1 is 1.41 bits per heavy atom. The van der Waals surface area contributed by atoms with Crippen molar-refractivity contribution in [3.05, 3.63) is 23.8 Å². The number of hydrogen-bond donors (Lipinski definition) is 1. The molecule has 1 saturated heterocycles. The number of carbonyl (C=O) groups is 2. The first-order valence-corrected chi connectivity index (χ1v) is 7.28. The number of hydrogen-bond acceptors (Lipinski definition) is 4. The third-order valence-corrected chi connectivity index (χ3v) is 3.73. The highest BCUT2D eigenvalue weighted by molar-refractivity contribution is 6.01. The SMILES string of the molecule is COCCNC(=O)[C@@H]1CC(=O)N(c2cc(C)ccc2OC)C1. The number of aryl methyl sites for hydroxylation is 1. The van der Waals surface area contributed by atoms with Crippen molar-refractivity contribution in [2.24, 2.45) is 5.92 Å². The number of anilines is 1. The van der Waals surface area contributed by atoms with Gasteiger partial charge in [-0.1, -0.05) is 6.07 Å². The standard InChI is InChI=1S/C16H22N2O4/c1-11-4-5-14(22-3)13(8-11)18-10-12(9-15(18)19)16(20)17-6-7-21-2/h4-5,8,12H,6-7,9-10H2,1-3H3,(H,17,20)/t12-/m1/s1. The van der Waals surface area contributed by atoms with Crippen molar-refractivity contribution in [1.29, 1.82) is 0 Å². The normalized spacial score (nSPS) is 17.7. The van der Waals surface area contributed by atoms with Gasteiger partial charge < -0.3 is 19.7 Å². The van der Waals surface area contributed by atoms with Gasteiger partial charge in [0.15, 0.2) is 0 Å². The van der Waals surface area contributed by atoms with Gasteiger partial charge in [-0.2, -0.15) is 0 Å². The maximum atomic E-state index is 12.3. The Balaban J connectivity index is 2.09. The van der Waals surface area contributed by atoms with Crippen LogP contribution in [0.5, 0.6) is 5.75 Å². The molecule has 1 N–H and O–H groups in total. The Morgan fingerprint density at radius 2 is 2.18 bits per heavy atom. The second-order valence-corrected chi connectivity index (χ2v) is 5.36. The summed E-state index contributed by atoms with van der Waals surface area (Å²) < 4.78 is 10.2. The van der Waals surface area contributed by atoms with Gasteiger partial charge >= 0.3 is 0 Å². The summed E-state index contributed by atoms with van der Waals surface area (Å²) >= 11 is 0. The van der Waals surface area contributed by atoms with Gasteiger partial charge in [0, 0.05) is 26.6 Å². The summed E-state index contributed by atoms with van der Waals surface area (Å²) in [5, 5.41) is 2.78. The van der Waals surface area contributed by atoms with Crippen LogP contribution in [0, 0.1) is 12.8 Å². The molecule has 1 aliphatic rings. The average Bonchev–Trinajstić information content (AvgIpc) is 2.89. The maximum absolute atomic E-state index is 12.3. The molecular formula is C16H22N2O4. The van der Waals surface area contributed by atoms with E-state index in [0.29, 0.717) is 25.4 Å². The minimum Gasteiger partial charge on any atom is -0.495 e. The highest BCUT2D eigenvalue weighted by Gasteiger charge is 2.36. The number of nitrogens with zero attached hydrogens (tertiary/aromatic N) is 1. The van der Waals surface area contributed by atoms with Crippen molar-refractivity contribution in [2.75, 3.05) is 38.8 Å². The van der Waals surface area contributed by atoms with E-state index in [4.69, 9.17) is 9.47 Å². The van der Waals surface area contributed by atoms with E-state index in [2.05, 4.69) is 5.32 Å². The van der Waals surface area contributed by atoms with Crippen molar-refractivity contribution in [3.8, 4) is 5.75 Å². The third-order valence-electron chi connectivity index (χ3n) is 3.73. The van der Waals surface area contributed by atoms with E-state index in [9.17, 15) is 9.59 Å². The van der Waals surface area contributed by atoms with Crippen molar-refractivity contribution in [3.63, 3.8) is 0 Å². The molecule has 1 fully saturated rings. The molecule has 0 unspecified atom stereocenters. The van der Waals surface area contributed by atoms with Gasteiger partial charge in [-0.25, -0.2) is 0 Å². The number of amides is 2. The van der Waals surface area contributed by atoms with Crippen LogP contribution in [0.2, 0.25) is 0 Å².